The minimum Gasteiger partial charge on any atom is -0.399 e. The second-order valence-corrected chi connectivity index (χ2v) is 5.77. The van der Waals surface area contributed by atoms with Gasteiger partial charge in [-0.1, -0.05) is 40.5 Å². The Kier molecular flexibility index (Phi) is 6.44. The predicted molar refractivity (Wildman–Crippen MR) is 91.6 cm³/mol. The molecule has 0 atom stereocenters. The SMILES string of the molecule is CO/N=C(\CNC(=O)c1ccccc1C(F)(F)F)c1ncc(Cl)cc1Cl. The summed E-state index contributed by atoms with van der Waals surface area (Å²) in [5.41, 5.74) is -1.24. The number of alkyl halides is 3. The quantitative estimate of drug-likeness (QED) is 0.599. The molecule has 0 radical (unpaired) electrons. The molecule has 138 valence electrons. The van der Waals surface area contributed by atoms with Gasteiger partial charge in [0.2, 0.25) is 0 Å². The average molecular weight is 406 g/mol. The molecule has 0 bridgehead atoms. The van der Waals surface area contributed by atoms with E-state index in [4.69, 9.17) is 23.2 Å². The summed E-state index contributed by atoms with van der Waals surface area (Å²) in [6, 6.07) is 5.87. The van der Waals surface area contributed by atoms with Crippen molar-refractivity contribution in [3.05, 3.63) is 63.4 Å². The molecule has 1 aromatic heterocycles. The number of halogens is 5. The Morgan fingerprint density at radius 1 is 1.31 bits per heavy atom. The number of nitrogens with one attached hydrogen (secondary N) is 1. The Hall–Kier alpha value is -2.32. The lowest BCUT2D eigenvalue weighted by Gasteiger charge is -2.13. The highest BCUT2D eigenvalue weighted by Gasteiger charge is 2.34. The van der Waals surface area contributed by atoms with Gasteiger partial charge in [-0.15, -0.1) is 0 Å². The van der Waals surface area contributed by atoms with Gasteiger partial charge in [-0.2, -0.15) is 13.2 Å². The largest absolute Gasteiger partial charge is 0.417 e. The third-order valence-corrected chi connectivity index (χ3v) is 3.67. The fourth-order valence-corrected chi connectivity index (χ4v) is 2.57. The van der Waals surface area contributed by atoms with Crippen LogP contribution in [0.4, 0.5) is 13.2 Å². The smallest absolute Gasteiger partial charge is 0.399 e. The third kappa shape index (κ3) is 4.86. The van der Waals surface area contributed by atoms with E-state index in [1.54, 1.807) is 0 Å². The van der Waals surface area contributed by atoms with E-state index in [0.29, 0.717) is 5.02 Å². The Labute approximate surface area is 156 Å². The number of aromatic nitrogens is 1. The first kappa shape index (κ1) is 20.0. The maximum Gasteiger partial charge on any atom is 0.417 e. The normalized spacial score (nSPS) is 12.0. The van der Waals surface area contributed by atoms with Gasteiger partial charge in [-0.05, 0) is 18.2 Å². The highest BCUT2D eigenvalue weighted by atomic mass is 35.5. The maximum absolute atomic E-state index is 13.0. The fourth-order valence-electron chi connectivity index (χ4n) is 2.08. The average Bonchev–Trinajstić information content (AvgIpc) is 2.58. The van der Waals surface area contributed by atoms with Gasteiger partial charge in [0.05, 0.1) is 27.7 Å². The molecule has 10 heteroatoms. The van der Waals surface area contributed by atoms with E-state index in [1.807, 2.05) is 0 Å². The molecule has 1 amide bonds. The summed E-state index contributed by atoms with van der Waals surface area (Å²) in [5, 5.41) is 6.51. The van der Waals surface area contributed by atoms with Crippen molar-refractivity contribution in [3.8, 4) is 0 Å². The number of nitrogens with zero attached hydrogens (tertiary/aromatic N) is 2. The first-order valence-corrected chi connectivity index (χ1v) is 7.85. The van der Waals surface area contributed by atoms with Gasteiger partial charge in [-0.3, -0.25) is 9.78 Å². The molecular formula is C16H12Cl2F3N3O2. The molecular weight excluding hydrogens is 394 g/mol. The summed E-state index contributed by atoms with van der Waals surface area (Å²) in [6.07, 6.45) is -3.34. The van der Waals surface area contributed by atoms with Crippen LogP contribution in [0.15, 0.2) is 41.7 Å². The Balaban J connectivity index is 2.23. The summed E-state index contributed by atoms with van der Waals surface area (Å²) >= 11 is 11.8. The standard InChI is InChI=1S/C16H12Cl2F3N3O2/c1-26-24-13(14-12(18)6-9(17)7-22-14)8-23-15(25)10-4-2-3-5-11(10)16(19,20)21/h2-7H,8H2,1H3,(H,23,25)/b24-13+. The van der Waals surface area contributed by atoms with Gasteiger partial charge in [0.25, 0.3) is 5.91 Å². The maximum atomic E-state index is 13.0. The van der Waals surface area contributed by atoms with E-state index in [-0.39, 0.29) is 23.0 Å². The highest BCUT2D eigenvalue weighted by Crippen LogP contribution is 2.31. The number of amides is 1. The molecule has 0 aliphatic heterocycles. The molecule has 1 N–H and O–H groups in total. The van der Waals surface area contributed by atoms with Crippen LogP contribution in [0, 0.1) is 0 Å². The van der Waals surface area contributed by atoms with E-state index < -0.39 is 23.2 Å². The van der Waals surface area contributed by atoms with Crippen LogP contribution in [-0.2, 0) is 11.0 Å². The summed E-state index contributed by atoms with van der Waals surface area (Å²) < 4.78 is 39.1. The molecule has 0 aliphatic carbocycles. The van der Waals surface area contributed by atoms with Crippen LogP contribution in [0.3, 0.4) is 0 Å². The van der Waals surface area contributed by atoms with Gasteiger partial charge in [0.15, 0.2) is 0 Å². The topological polar surface area (TPSA) is 63.6 Å². The first-order chi connectivity index (χ1) is 12.2. The van der Waals surface area contributed by atoms with Crippen molar-refractivity contribution in [1.29, 1.82) is 0 Å². The van der Waals surface area contributed by atoms with Gasteiger partial charge >= 0.3 is 6.18 Å². The van der Waals surface area contributed by atoms with E-state index in [1.165, 1.54) is 31.5 Å². The van der Waals surface area contributed by atoms with Crippen molar-refractivity contribution in [2.24, 2.45) is 5.16 Å². The monoisotopic (exact) mass is 405 g/mol. The van der Waals surface area contributed by atoms with Gasteiger partial charge in [0, 0.05) is 6.20 Å². The molecule has 0 saturated heterocycles. The van der Waals surface area contributed by atoms with Crippen molar-refractivity contribution < 1.29 is 22.8 Å². The Morgan fingerprint density at radius 2 is 2.00 bits per heavy atom. The van der Waals surface area contributed by atoms with Crippen LogP contribution in [0.25, 0.3) is 0 Å². The number of carbonyl (C=O) groups is 1. The zero-order valence-electron chi connectivity index (χ0n) is 13.3. The molecule has 1 aromatic carbocycles. The van der Waals surface area contributed by atoms with Gasteiger partial charge in [-0.25, -0.2) is 0 Å². The van der Waals surface area contributed by atoms with Crippen molar-refractivity contribution in [2.75, 3.05) is 13.7 Å². The zero-order valence-corrected chi connectivity index (χ0v) is 14.8. The van der Waals surface area contributed by atoms with Crippen LogP contribution in [0.1, 0.15) is 21.6 Å². The van der Waals surface area contributed by atoms with E-state index >= 15 is 0 Å². The minimum atomic E-state index is -4.65. The predicted octanol–water partition coefficient (Wildman–Crippen LogP) is 4.19. The van der Waals surface area contributed by atoms with Crippen LogP contribution in [0.5, 0.6) is 0 Å². The number of hydrogen-bond donors (Lipinski definition) is 1. The lowest BCUT2D eigenvalue weighted by Crippen LogP contribution is -2.32. The van der Waals surface area contributed by atoms with Crippen LogP contribution in [0.2, 0.25) is 10.0 Å². The van der Waals surface area contributed by atoms with Gasteiger partial charge < -0.3 is 10.2 Å². The van der Waals surface area contributed by atoms with E-state index in [2.05, 4.69) is 20.3 Å². The molecule has 2 aromatic rings. The van der Waals surface area contributed by atoms with E-state index in [9.17, 15) is 18.0 Å². The number of hydrogen-bond acceptors (Lipinski definition) is 4. The van der Waals surface area contributed by atoms with Crippen LogP contribution in [-0.4, -0.2) is 30.3 Å². The second kappa shape index (κ2) is 8.37. The lowest BCUT2D eigenvalue weighted by molar-refractivity contribution is -0.137. The number of carbonyl (C=O) groups excluding carboxylic acids is 1. The Morgan fingerprint density at radius 3 is 2.62 bits per heavy atom. The zero-order chi connectivity index (χ0) is 19.3. The van der Waals surface area contributed by atoms with E-state index in [0.717, 1.165) is 12.1 Å². The molecule has 2 rings (SSSR count). The van der Waals surface area contributed by atoms with Crippen molar-refractivity contribution in [3.63, 3.8) is 0 Å². The number of pyridine rings is 1. The van der Waals surface area contributed by atoms with Crippen LogP contribution >= 0.6 is 23.2 Å². The molecule has 0 saturated carbocycles. The molecule has 26 heavy (non-hydrogen) atoms. The van der Waals surface area contributed by atoms with Crippen molar-refractivity contribution in [2.45, 2.75) is 6.18 Å². The summed E-state index contributed by atoms with van der Waals surface area (Å²) in [5.74, 6) is -0.924. The molecule has 0 unspecified atom stereocenters. The van der Waals surface area contributed by atoms with Crippen LogP contribution < -0.4 is 5.32 Å². The molecule has 5 nitrogen and oxygen atoms in total. The van der Waals surface area contributed by atoms with Gasteiger partial charge in [0.1, 0.15) is 18.5 Å². The number of rotatable bonds is 5. The molecule has 0 spiro atoms. The number of benzene rings is 1. The first-order valence-electron chi connectivity index (χ1n) is 7.10. The highest BCUT2D eigenvalue weighted by molar-refractivity contribution is 6.36. The molecule has 0 fully saturated rings. The number of oxime groups is 1. The van der Waals surface area contributed by atoms with Crippen molar-refractivity contribution in [1.82, 2.24) is 10.3 Å². The summed E-state index contributed by atoms with van der Waals surface area (Å²) in [4.78, 5) is 20.9. The minimum absolute atomic E-state index is 0.118. The Bertz CT molecular complexity index is 842. The van der Waals surface area contributed by atoms with Crippen molar-refractivity contribution >= 4 is 34.8 Å². The summed E-state index contributed by atoms with van der Waals surface area (Å²) in [6.45, 7) is -0.257. The fraction of sp³-hybridized carbons (Fsp3) is 0.188. The summed E-state index contributed by atoms with van der Waals surface area (Å²) in [7, 11) is 1.27. The lowest BCUT2D eigenvalue weighted by atomic mass is 10.1. The third-order valence-electron chi connectivity index (χ3n) is 3.18. The molecule has 0 aliphatic rings. The molecule has 1 heterocycles. The second-order valence-electron chi connectivity index (χ2n) is 4.93.